The highest BCUT2D eigenvalue weighted by Gasteiger charge is 2.08. The van der Waals surface area contributed by atoms with Gasteiger partial charge >= 0.3 is 6.03 Å². The lowest BCUT2D eigenvalue weighted by Gasteiger charge is -2.17. The van der Waals surface area contributed by atoms with Gasteiger partial charge in [0, 0.05) is 37.8 Å². The van der Waals surface area contributed by atoms with Crippen molar-refractivity contribution in [1.29, 1.82) is 0 Å². The predicted octanol–water partition coefficient (Wildman–Crippen LogP) is 2.34. The molecule has 0 aliphatic rings. The fourth-order valence-electron chi connectivity index (χ4n) is 1.61. The first kappa shape index (κ1) is 15.3. The monoisotopic (exact) mass is 283 g/mol. The van der Waals surface area contributed by atoms with Crippen molar-refractivity contribution in [3.8, 4) is 0 Å². The first-order valence-corrected chi connectivity index (χ1v) is 6.42. The Bertz CT molecular complexity index is 475. The van der Waals surface area contributed by atoms with Gasteiger partial charge in [-0.25, -0.2) is 4.79 Å². The van der Waals surface area contributed by atoms with Crippen molar-refractivity contribution in [2.24, 2.45) is 0 Å². The van der Waals surface area contributed by atoms with Crippen molar-refractivity contribution in [3.05, 3.63) is 23.8 Å². The van der Waals surface area contributed by atoms with Gasteiger partial charge in [0.15, 0.2) is 0 Å². The minimum Gasteiger partial charge on any atom is -0.377 e. The van der Waals surface area contributed by atoms with Gasteiger partial charge in [-0.15, -0.1) is 11.6 Å². The molecule has 0 saturated heterocycles. The van der Waals surface area contributed by atoms with Gasteiger partial charge in [-0.3, -0.25) is 10.1 Å². The topological polar surface area (TPSA) is 61.4 Å². The molecule has 1 aromatic carbocycles. The third-order valence-electron chi connectivity index (χ3n) is 2.52. The molecular weight excluding hydrogens is 266 g/mol. The highest BCUT2D eigenvalue weighted by atomic mass is 35.5. The number of carbonyl (C=O) groups excluding carboxylic acids is 2. The van der Waals surface area contributed by atoms with Gasteiger partial charge in [0.2, 0.25) is 5.91 Å². The Labute approximate surface area is 117 Å². The third kappa shape index (κ3) is 4.79. The number of anilines is 2. The summed E-state index contributed by atoms with van der Waals surface area (Å²) in [5, 5.41) is 4.82. The maximum atomic E-state index is 11.6. The van der Waals surface area contributed by atoms with Gasteiger partial charge in [-0.1, -0.05) is 6.07 Å². The van der Waals surface area contributed by atoms with Crippen LogP contribution in [-0.4, -0.2) is 31.9 Å². The molecule has 3 amide bonds. The number of carbonyl (C=O) groups is 2. The van der Waals surface area contributed by atoms with Gasteiger partial charge < -0.3 is 10.2 Å². The van der Waals surface area contributed by atoms with Crippen LogP contribution in [-0.2, 0) is 4.79 Å². The van der Waals surface area contributed by atoms with Crippen molar-refractivity contribution in [2.75, 3.05) is 30.2 Å². The molecule has 0 radical (unpaired) electrons. The fraction of sp³-hybridized carbons (Fsp3) is 0.385. The summed E-state index contributed by atoms with van der Waals surface area (Å²) < 4.78 is 0. The quantitative estimate of drug-likeness (QED) is 0.834. The van der Waals surface area contributed by atoms with Gasteiger partial charge in [0.1, 0.15) is 0 Å². The molecule has 5 nitrogen and oxygen atoms in total. The van der Waals surface area contributed by atoms with Crippen molar-refractivity contribution < 1.29 is 9.59 Å². The Morgan fingerprint density at radius 1 is 1.32 bits per heavy atom. The largest absolute Gasteiger partial charge is 0.377 e. The molecule has 0 bridgehead atoms. The zero-order valence-corrected chi connectivity index (χ0v) is 12.0. The van der Waals surface area contributed by atoms with Crippen LogP contribution in [0.1, 0.15) is 12.0 Å². The molecule has 1 aromatic rings. The molecule has 6 heteroatoms. The Kier molecular flexibility index (Phi) is 5.63. The Morgan fingerprint density at radius 2 is 2.00 bits per heavy atom. The lowest BCUT2D eigenvalue weighted by atomic mass is 10.1. The number of benzene rings is 1. The average Bonchev–Trinajstić information content (AvgIpc) is 2.31. The van der Waals surface area contributed by atoms with Gasteiger partial charge in [-0.2, -0.15) is 0 Å². The van der Waals surface area contributed by atoms with Gasteiger partial charge in [-0.05, 0) is 24.6 Å². The highest BCUT2D eigenvalue weighted by molar-refractivity contribution is 6.19. The number of aryl methyl sites for hydroxylation is 1. The maximum absolute atomic E-state index is 11.6. The normalized spacial score (nSPS) is 9.89. The Morgan fingerprint density at radius 3 is 2.58 bits per heavy atom. The van der Waals surface area contributed by atoms with Crippen LogP contribution in [0.25, 0.3) is 0 Å². The van der Waals surface area contributed by atoms with Crippen LogP contribution in [0.2, 0.25) is 0 Å². The van der Waals surface area contributed by atoms with E-state index < -0.39 is 11.9 Å². The first-order chi connectivity index (χ1) is 8.93. The van der Waals surface area contributed by atoms with E-state index in [0.717, 1.165) is 11.3 Å². The molecule has 104 valence electrons. The summed E-state index contributed by atoms with van der Waals surface area (Å²) in [5.74, 6) is -0.207. The second kappa shape index (κ2) is 6.99. The molecule has 0 unspecified atom stereocenters. The number of rotatable bonds is 4. The SMILES string of the molecule is Cc1ccc(NC(=O)NC(=O)CCCl)cc1N(C)C. The van der Waals surface area contributed by atoms with Crippen LogP contribution in [0.5, 0.6) is 0 Å². The van der Waals surface area contributed by atoms with E-state index in [1.54, 1.807) is 6.07 Å². The molecule has 0 aliphatic carbocycles. The van der Waals surface area contributed by atoms with Crippen LogP contribution in [0.15, 0.2) is 18.2 Å². The number of hydrogen-bond donors (Lipinski definition) is 2. The molecule has 0 atom stereocenters. The van der Waals surface area contributed by atoms with Crippen molar-refractivity contribution in [3.63, 3.8) is 0 Å². The number of alkyl halides is 1. The summed E-state index contributed by atoms with van der Waals surface area (Å²) in [6.07, 6.45) is 0.117. The minimum atomic E-state index is -0.552. The standard InChI is InChI=1S/C13H18ClN3O2/c1-9-4-5-10(8-11(9)17(2)3)15-13(19)16-12(18)6-7-14/h4-5,8H,6-7H2,1-3H3,(H2,15,16,18,19). The number of amides is 3. The summed E-state index contributed by atoms with van der Waals surface area (Å²) in [5.41, 5.74) is 2.74. The third-order valence-corrected chi connectivity index (χ3v) is 2.71. The van der Waals surface area contributed by atoms with Gasteiger partial charge in [0.25, 0.3) is 0 Å². The second-order valence-electron chi connectivity index (χ2n) is 4.34. The highest BCUT2D eigenvalue weighted by Crippen LogP contribution is 2.22. The molecule has 1 rings (SSSR count). The minimum absolute atomic E-state index is 0.117. The van der Waals surface area contributed by atoms with Crippen molar-refractivity contribution >= 4 is 34.9 Å². The number of imide groups is 1. The van der Waals surface area contributed by atoms with E-state index in [4.69, 9.17) is 11.6 Å². The predicted molar refractivity (Wildman–Crippen MR) is 78.0 cm³/mol. The van der Waals surface area contributed by atoms with E-state index in [9.17, 15) is 9.59 Å². The van der Waals surface area contributed by atoms with Crippen LogP contribution in [0, 0.1) is 6.92 Å². The molecule has 2 N–H and O–H groups in total. The molecule has 19 heavy (non-hydrogen) atoms. The summed E-state index contributed by atoms with van der Waals surface area (Å²) >= 11 is 5.42. The number of urea groups is 1. The lowest BCUT2D eigenvalue weighted by Crippen LogP contribution is -2.34. The fourth-order valence-corrected chi connectivity index (χ4v) is 1.78. The number of halogens is 1. The Hall–Kier alpha value is -1.75. The van der Waals surface area contributed by atoms with E-state index >= 15 is 0 Å². The number of hydrogen-bond acceptors (Lipinski definition) is 3. The summed E-state index contributed by atoms with van der Waals surface area (Å²) in [7, 11) is 3.85. The molecule has 0 heterocycles. The molecule has 0 aliphatic heterocycles. The van der Waals surface area contributed by atoms with Crippen LogP contribution in [0.3, 0.4) is 0 Å². The van der Waals surface area contributed by atoms with Crippen LogP contribution < -0.4 is 15.5 Å². The van der Waals surface area contributed by atoms with E-state index in [1.807, 2.05) is 38.1 Å². The maximum Gasteiger partial charge on any atom is 0.325 e. The summed E-state index contributed by atoms with van der Waals surface area (Å²) in [6.45, 7) is 1.99. The molecule has 0 saturated carbocycles. The number of nitrogens with one attached hydrogen (secondary N) is 2. The lowest BCUT2D eigenvalue weighted by molar-refractivity contribution is -0.119. The van der Waals surface area contributed by atoms with Crippen molar-refractivity contribution in [2.45, 2.75) is 13.3 Å². The zero-order chi connectivity index (χ0) is 14.4. The first-order valence-electron chi connectivity index (χ1n) is 5.89. The van der Waals surface area contributed by atoms with Crippen LogP contribution in [0.4, 0.5) is 16.2 Å². The van der Waals surface area contributed by atoms with Crippen LogP contribution >= 0.6 is 11.6 Å². The molecule has 0 aromatic heterocycles. The van der Waals surface area contributed by atoms with Crippen molar-refractivity contribution in [1.82, 2.24) is 5.32 Å². The summed E-state index contributed by atoms with van der Waals surface area (Å²) in [6, 6.07) is 4.99. The van der Waals surface area contributed by atoms with E-state index in [0.29, 0.717) is 5.69 Å². The smallest absolute Gasteiger partial charge is 0.325 e. The van der Waals surface area contributed by atoms with E-state index in [2.05, 4.69) is 10.6 Å². The van der Waals surface area contributed by atoms with E-state index in [-0.39, 0.29) is 12.3 Å². The van der Waals surface area contributed by atoms with Gasteiger partial charge in [0.05, 0.1) is 0 Å². The second-order valence-corrected chi connectivity index (χ2v) is 4.71. The zero-order valence-electron chi connectivity index (χ0n) is 11.3. The number of nitrogens with zero attached hydrogens (tertiary/aromatic N) is 1. The summed E-state index contributed by atoms with van der Waals surface area (Å²) in [4.78, 5) is 24.7. The molecular formula is C13H18ClN3O2. The Balaban J connectivity index is 2.69. The molecule has 0 spiro atoms. The van der Waals surface area contributed by atoms with E-state index in [1.165, 1.54) is 0 Å². The molecule has 0 fully saturated rings. The average molecular weight is 284 g/mol.